The molecule has 0 aliphatic rings. The standard InChI is InChI=1S/C19H20N4O2S/c1-2-25-17-10-8-16(9-11-17)21-18(24)12-23-14-20-19(22-23)26-13-15-6-4-3-5-7-15/h3-11,14H,2,12-13H2,1H3,(H,21,24). The fourth-order valence-corrected chi connectivity index (χ4v) is 3.06. The maximum Gasteiger partial charge on any atom is 0.246 e. The Balaban J connectivity index is 1.49. The minimum atomic E-state index is -0.154. The fraction of sp³-hybridized carbons (Fsp3) is 0.211. The molecule has 26 heavy (non-hydrogen) atoms. The highest BCUT2D eigenvalue weighted by Gasteiger charge is 2.07. The first-order valence-electron chi connectivity index (χ1n) is 8.32. The zero-order chi connectivity index (χ0) is 18.2. The van der Waals surface area contributed by atoms with Crippen LogP contribution in [0.5, 0.6) is 5.75 Å². The molecule has 1 aromatic heterocycles. The number of thioether (sulfide) groups is 1. The highest BCUT2D eigenvalue weighted by atomic mass is 32.2. The number of hydrogen-bond donors (Lipinski definition) is 1. The van der Waals surface area contributed by atoms with Gasteiger partial charge in [0.05, 0.1) is 6.61 Å². The minimum Gasteiger partial charge on any atom is -0.494 e. The van der Waals surface area contributed by atoms with Gasteiger partial charge in [-0.15, -0.1) is 5.10 Å². The first-order valence-corrected chi connectivity index (χ1v) is 9.30. The molecule has 0 fully saturated rings. The highest BCUT2D eigenvalue weighted by Crippen LogP contribution is 2.18. The first-order chi connectivity index (χ1) is 12.7. The average molecular weight is 368 g/mol. The largest absolute Gasteiger partial charge is 0.494 e. The molecule has 134 valence electrons. The second-order valence-electron chi connectivity index (χ2n) is 5.50. The Hall–Kier alpha value is -2.80. The Labute approximate surface area is 156 Å². The van der Waals surface area contributed by atoms with E-state index < -0.39 is 0 Å². The summed E-state index contributed by atoms with van der Waals surface area (Å²) in [4.78, 5) is 16.4. The molecule has 0 spiro atoms. The monoisotopic (exact) mass is 368 g/mol. The van der Waals surface area contributed by atoms with Gasteiger partial charge in [0.2, 0.25) is 11.1 Å². The second kappa shape index (κ2) is 9.05. The van der Waals surface area contributed by atoms with Gasteiger partial charge in [-0.25, -0.2) is 9.67 Å². The van der Waals surface area contributed by atoms with Crippen LogP contribution in [0.15, 0.2) is 66.1 Å². The summed E-state index contributed by atoms with van der Waals surface area (Å²) in [5.41, 5.74) is 1.93. The fourth-order valence-electron chi connectivity index (χ4n) is 2.29. The zero-order valence-corrected chi connectivity index (χ0v) is 15.3. The van der Waals surface area contributed by atoms with Gasteiger partial charge in [-0.1, -0.05) is 42.1 Å². The molecular weight excluding hydrogens is 348 g/mol. The third kappa shape index (κ3) is 5.35. The van der Waals surface area contributed by atoms with E-state index in [4.69, 9.17) is 4.74 Å². The van der Waals surface area contributed by atoms with Crippen molar-refractivity contribution < 1.29 is 9.53 Å². The Morgan fingerprint density at radius 3 is 2.65 bits per heavy atom. The van der Waals surface area contributed by atoms with Gasteiger partial charge in [-0.3, -0.25) is 4.79 Å². The van der Waals surface area contributed by atoms with Crippen LogP contribution < -0.4 is 10.1 Å². The average Bonchev–Trinajstić information content (AvgIpc) is 3.10. The van der Waals surface area contributed by atoms with E-state index in [0.717, 1.165) is 17.2 Å². The van der Waals surface area contributed by atoms with E-state index in [1.165, 1.54) is 10.2 Å². The molecule has 0 atom stereocenters. The van der Waals surface area contributed by atoms with Crippen LogP contribution in [0.2, 0.25) is 0 Å². The van der Waals surface area contributed by atoms with Crippen molar-refractivity contribution in [2.75, 3.05) is 11.9 Å². The summed E-state index contributed by atoms with van der Waals surface area (Å²) in [5, 5.41) is 7.83. The summed E-state index contributed by atoms with van der Waals surface area (Å²) in [6.07, 6.45) is 1.57. The Morgan fingerprint density at radius 1 is 1.15 bits per heavy atom. The van der Waals surface area contributed by atoms with Crippen molar-refractivity contribution in [1.29, 1.82) is 0 Å². The van der Waals surface area contributed by atoms with Crippen molar-refractivity contribution >= 4 is 23.4 Å². The van der Waals surface area contributed by atoms with Crippen molar-refractivity contribution in [3.05, 3.63) is 66.5 Å². The molecular formula is C19H20N4O2S. The Bertz CT molecular complexity index is 834. The molecule has 6 nitrogen and oxygen atoms in total. The summed E-state index contributed by atoms with van der Waals surface area (Å²) in [6.45, 7) is 2.66. The normalized spacial score (nSPS) is 10.5. The third-order valence-corrected chi connectivity index (χ3v) is 4.40. The van der Waals surface area contributed by atoms with Crippen molar-refractivity contribution in [3.63, 3.8) is 0 Å². The van der Waals surface area contributed by atoms with E-state index in [-0.39, 0.29) is 12.5 Å². The SMILES string of the molecule is CCOc1ccc(NC(=O)Cn2cnc(SCc3ccccc3)n2)cc1. The highest BCUT2D eigenvalue weighted by molar-refractivity contribution is 7.98. The van der Waals surface area contributed by atoms with Crippen molar-refractivity contribution in [3.8, 4) is 5.75 Å². The number of benzene rings is 2. The molecule has 0 aliphatic carbocycles. The lowest BCUT2D eigenvalue weighted by Gasteiger charge is -2.07. The van der Waals surface area contributed by atoms with Gasteiger partial charge in [0.1, 0.15) is 18.6 Å². The molecule has 1 amide bonds. The van der Waals surface area contributed by atoms with Crippen molar-refractivity contribution in [1.82, 2.24) is 14.8 Å². The second-order valence-corrected chi connectivity index (χ2v) is 6.45. The lowest BCUT2D eigenvalue weighted by molar-refractivity contribution is -0.116. The number of carbonyl (C=O) groups excluding carboxylic acids is 1. The number of carbonyl (C=O) groups is 1. The van der Waals surface area contributed by atoms with Crippen LogP contribution in [0.4, 0.5) is 5.69 Å². The lowest BCUT2D eigenvalue weighted by Crippen LogP contribution is -2.19. The van der Waals surface area contributed by atoms with Crippen molar-refractivity contribution in [2.24, 2.45) is 0 Å². The maximum atomic E-state index is 12.1. The van der Waals surface area contributed by atoms with E-state index >= 15 is 0 Å². The van der Waals surface area contributed by atoms with Gasteiger partial charge in [-0.2, -0.15) is 0 Å². The number of nitrogens with one attached hydrogen (secondary N) is 1. The third-order valence-electron chi connectivity index (χ3n) is 3.48. The topological polar surface area (TPSA) is 69.0 Å². The molecule has 7 heteroatoms. The summed E-state index contributed by atoms with van der Waals surface area (Å²) >= 11 is 1.54. The summed E-state index contributed by atoms with van der Waals surface area (Å²) in [5.74, 6) is 1.42. The number of nitrogens with zero attached hydrogens (tertiary/aromatic N) is 3. The first kappa shape index (κ1) is 18.0. The number of anilines is 1. The van der Waals surface area contributed by atoms with E-state index in [2.05, 4.69) is 27.5 Å². The van der Waals surface area contributed by atoms with Crippen LogP contribution in [0.25, 0.3) is 0 Å². The lowest BCUT2D eigenvalue weighted by atomic mass is 10.2. The van der Waals surface area contributed by atoms with Crippen LogP contribution in [0.3, 0.4) is 0 Å². The number of ether oxygens (including phenoxy) is 1. The summed E-state index contributed by atoms with van der Waals surface area (Å²) < 4.78 is 6.92. The van der Waals surface area contributed by atoms with Crippen LogP contribution in [-0.4, -0.2) is 27.3 Å². The summed E-state index contributed by atoms with van der Waals surface area (Å²) in [7, 11) is 0. The minimum absolute atomic E-state index is 0.117. The number of hydrogen-bond acceptors (Lipinski definition) is 5. The van der Waals surface area contributed by atoms with Crippen LogP contribution in [0, 0.1) is 0 Å². The quantitative estimate of drug-likeness (QED) is 0.615. The number of aromatic nitrogens is 3. The molecule has 0 saturated heterocycles. The van der Waals surface area contributed by atoms with E-state index in [0.29, 0.717) is 11.8 Å². The van der Waals surface area contributed by atoms with E-state index in [1.54, 1.807) is 18.1 Å². The number of amides is 1. The molecule has 0 saturated carbocycles. The van der Waals surface area contributed by atoms with E-state index in [9.17, 15) is 4.79 Å². The Morgan fingerprint density at radius 2 is 1.92 bits per heavy atom. The van der Waals surface area contributed by atoms with Crippen LogP contribution >= 0.6 is 11.8 Å². The van der Waals surface area contributed by atoms with Gasteiger partial charge < -0.3 is 10.1 Å². The maximum absolute atomic E-state index is 12.1. The summed E-state index contributed by atoms with van der Waals surface area (Å²) in [6, 6.07) is 17.4. The van der Waals surface area contributed by atoms with Gasteiger partial charge in [-0.05, 0) is 36.8 Å². The van der Waals surface area contributed by atoms with Crippen LogP contribution in [-0.2, 0) is 17.1 Å². The van der Waals surface area contributed by atoms with Gasteiger partial charge in [0, 0.05) is 11.4 Å². The molecule has 0 bridgehead atoms. The molecule has 1 heterocycles. The zero-order valence-electron chi connectivity index (χ0n) is 14.5. The molecule has 0 aliphatic heterocycles. The van der Waals surface area contributed by atoms with Crippen LogP contribution in [0.1, 0.15) is 12.5 Å². The smallest absolute Gasteiger partial charge is 0.246 e. The molecule has 0 unspecified atom stereocenters. The predicted octanol–water partition coefficient (Wildman–Crippen LogP) is 3.61. The molecule has 0 radical (unpaired) electrons. The molecule has 3 aromatic rings. The Kier molecular flexibility index (Phi) is 6.27. The van der Waals surface area contributed by atoms with Gasteiger partial charge >= 0.3 is 0 Å². The molecule has 2 aromatic carbocycles. The van der Waals surface area contributed by atoms with Gasteiger partial charge in [0.15, 0.2) is 0 Å². The predicted molar refractivity (Wildman–Crippen MR) is 102 cm³/mol. The van der Waals surface area contributed by atoms with Crippen molar-refractivity contribution in [2.45, 2.75) is 24.4 Å². The molecule has 1 N–H and O–H groups in total. The van der Waals surface area contributed by atoms with Gasteiger partial charge in [0.25, 0.3) is 0 Å². The van der Waals surface area contributed by atoms with E-state index in [1.807, 2.05) is 49.4 Å². The molecule has 3 rings (SSSR count). The number of rotatable bonds is 8.